The predicted molar refractivity (Wildman–Crippen MR) is 69.9 cm³/mol. The number of aromatic amines is 1. The number of amides is 1. The largest absolute Gasteiger partial charge is 0.305 e. The third-order valence-electron chi connectivity index (χ3n) is 2.42. The summed E-state index contributed by atoms with van der Waals surface area (Å²) in [4.78, 5) is 16.1. The molecule has 0 radical (unpaired) electrons. The Balaban J connectivity index is 2.20. The summed E-state index contributed by atoms with van der Waals surface area (Å²) in [7, 11) is 0. The van der Waals surface area contributed by atoms with Crippen LogP contribution in [-0.2, 0) is 6.42 Å². The van der Waals surface area contributed by atoms with Gasteiger partial charge in [-0.2, -0.15) is 5.10 Å². The van der Waals surface area contributed by atoms with Crippen molar-refractivity contribution in [3.63, 3.8) is 0 Å². The molecule has 0 atom stereocenters. The summed E-state index contributed by atoms with van der Waals surface area (Å²) in [5.74, 6) is 0.240. The Morgan fingerprint density at radius 3 is 2.83 bits per heavy atom. The molecule has 0 fully saturated rings. The van der Waals surface area contributed by atoms with E-state index in [2.05, 4.69) is 20.5 Å². The van der Waals surface area contributed by atoms with Crippen LogP contribution in [0.1, 0.15) is 28.7 Å². The molecule has 0 spiro atoms. The van der Waals surface area contributed by atoms with Crippen LogP contribution in [0.5, 0.6) is 0 Å². The number of hydrogen-bond acceptors (Lipinski definition) is 3. The lowest BCUT2D eigenvalue weighted by atomic mass is 10.2. The molecule has 1 amide bonds. The number of aryl methyl sites for hydroxylation is 2. The summed E-state index contributed by atoms with van der Waals surface area (Å²) < 4.78 is 0. The average molecular weight is 265 g/mol. The minimum atomic E-state index is -0.250. The Labute approximate surface area is 110 Å². The van der Waals surface area contributed by atoms with E-state index in [1.54, 1.807) is 12.1 Å². The number of rotatable bonds is 3. The Kier molecular flexibility index (Phi) is 3.62. The summed E-state index contributed by atoms with van der Waals surface area (Å²) in [5, 5.41) is 9.70. The summed E-state index contributed by atoms with van der Waals surface area (Å²) >= 11 is 5.87. The third kappa shape index (κ3) is 2.87. The molecule has 0 aromatic carbocycles. The number of anilines is 1. The summed E-state index contributed by atoms with van der Waals surface area (Å²) in [6, 6.07) is 5.01. The molecule has 5 nitrogen and oxygen atoms in total. The van der Waals surface area contributed by atoms with Crippen molar-refractivity contribution >= 4 is 23.3 Å². The molecule has 2 N–H and O–H groups in total. The maximum Gasteiger partial charge on any atom is 0.257 e. The number of aromatic nitrogens is 3. The van der Waals surface area contributed by atoms with Crippen molar-refractivity contribution in [1.82, 2.24) is 15.2 Å². The van der Waals surface area contributed by atoms with E-state index in [0.717, 1.165) is 17.8 Å². The van der Waals surface area contributed by atoms with Gasteiger partial charge in [0.25, 0.3) is 5.91 Å². The smallest absolute Gasteiger partial charge is 0.257 e. The Bertz CT molecular complexity index is 579. The van der Waals surface area contributed by atoms with Crippen LogP contribution < -0.4 is 5.32 Å². The molecule has 0 bridgehead atoms. The van der Waals surface area contributed by atoms with E-state index in [1.807, 2.05) is 13.8 Å². The number of halogens is 1. The lowest BCUT2D eigenvalue weighted by molar-refractivity contribution is 0.102. The van der Waals surface area contributed by atoms with Crippen molar-refractivity contribution in [2.75, 3.05) is 5.32 Å². The van der Waals surface area contributed by atoms with Crippen molar-refractivity contribution in [2.45, 2.75) is 20.3 Å². The first-order valence-corrected chi connectivity index (χ1v) is 5.96. The van der Waals surface area contributed by atoms with Crippen LogP contribution in [0, 0.1) is 6.92 Å². The molecule has 94 valence electrons. The van der Waals surface area contributed by atoms with E-state index in [9.17, 15) is 4.79 Å². The van der Waals surface area contributed by atoms with E-state index >= 15 is 0 Å². The number of H-pyrrole nitrogens is 1. The molecule has 2 rings (SSSR count). The van der Waals surface area contributed by atoms with Gasteiger partial charge in [0.2, 0.25) is 0 Å². The van der Waals surface area contributed by atoms with Gasteiger partial charge in [-0.3, -0.25) is 9.89 Å². The first-order valence-electron chi connectivity index (χ1n) is 5.58. The van der Waals surface area contributed by atoms with Crippen LogP contribution in [-0.4, -0.2) is 21.1 Å². The van der Waals surface area contributed by atoms with E-state index in [0.29, 0.717) is 16.5 Å². The van der Waals surface area contributed by atoms with Gasteiger partial charge in [-0.05, 0) is 25.5 Å². The second kappa shape index (κ2) is 5.18. The van der Waals surface area contributed by atoms with Crippen LogP contribution in [0.4, 0.5) is 5.82 Å². The molecule has 0 unspecified atom stereocenters. The Morgan fingerprint density at radius 1 is 1.44 bits per heavy atom. The highest BCUT2D eigenvalue weighted by Crippen LogP contribution is 2.13. The number of carbonyl (C=O) groups is 1. The molecule has 0 aliphatic rings. The summed E-state index contributed by atoms with van der Waals surface area (Å²) in [6.07, 6.45) is 0.725. The third-order valence-corrected chi connectivity index (χ3v) is 2.61. The lowest BCUT2D eigenvalue weighted by Gasteiger charge is -2.04. The van der Waals surface area contributed by atoms with Crippen molar-refractivity contribution in [1.29, 1.82) is 0 Å². The van der Waals surface area contributed by atoms with Gasteiger partial charge in [-0.25, -0.2) is 4.98 Å². The Morgan fingerprint density at radius 2 is 2.22 bits per heavy atom. The summed E-state index contributed by atoms with van der Waals surface area (Å²) in [5.41, 5.74) is 2.14. The standard InChI is InChI=1S/C12H13ClN4O/c1-3-9-5-8(6-10(13)14-9)12(18)15-11-4-7(2)16-17-11/h4-6H,3H2,1-2H3,(H2,15,16,17,18). The fourth-order valence-corrected chi connectivity index (χ4v) is 1.76. The fraction of sp³-hybridized carbons (Fsp3) is 0.250. The van der Waals surface area contributed by atoms with Crippen molar-refractivity contribution in [3.8, 4) is 0 Å². The fourth-order valence-electron chi connectivity index (χ4n) is 1.53. The molecule has 2 aromatic heterocycles. The quantitative estimate of drug-likeness (QED) is 0.837. The van der Waals surface area contributed by atoms with E-state index in [4.69, 9.17) is 11.6 Å². The number of nitrogens with one attached hydrogen (secondary N) is 2. The van der Waals surface area contributed by atoms with E-state index in [-0.39, 0.29) is 5.91 Å². The molecule has 0 saturated carbocycles. The second-order valence-corrected chi connectivity index (χ2v) is 4.30. The second-order valence-electron chi connectivity index (χ2n) is 3.91. The van der Waals surface area contributed by atoms with Gasteiger partial charge in [0.05, 0.1) is 0 Å². The molecule has 0 aliphatic heterocycles. The van der Waals surface area contributed by atoms with Crippen molar-refractivity contribution < 1.29 is 4.79 Å². The maximum absolute atomic E-state index is 12.0. The molecular formula is C12H13ClN4O. The van der Waals surface area contributed by atoms with E-state index < -0.39 is 0 Å². The zero-order valence-electron chi connectivity index (χ0n) is 10.1. The monoisotopic (exact) mass is 264 g/mol. The highest BCUT2D eigenvalue weighted by molar-refractivity contribution is 6.29. The van der Waals surface area contributed by atoms with Crippen molar-refractivity contribution in [2.24, 2.45) is 0 Å². The topological polar surface area (TPSA) is 70.7 Å². The number of hydrogen-bond donors (Lipinski definition) is 2. The first-order chi connectivity index (χ1) is 8.58. The normalized spacial score (nSPS) is 10.4. The Hall–Kier alpha value is -1.88. The summed E-state index contributed by atoms with van der Waals surface area (Å²) in [6.45, 7) is 3.82. The van der Waals surface area contributed by atoms with Gasteiger partial charge in [-0.15, -0.1) is 0 Å². The average Bonchev–Trinajstić information content (AvgIpc) is 2.73. The zero-order chi connectivity index (χ0) is 13.1. The number of pyridine rings is 1. The van der Waals surface area contributed by atoms with Gasteiger partial charge in [0.1, 0.15) is 5.15 Å². The number of nitrogens with zero attached hydrogens (tertiary/aromatic N) is 2. The van der Waals surface area contributed by atoms with E-state index in [1.165, 1.54) is 6.07 Å². The molecule has 0 aliphatic carbocycles. The molecule has 2 heterocycles. The van der Waals surface area contributed by atoms with Gasteiger partial charge >= 0.3 is 0 Å². The minimum absolute atomic E-state index is 0.250. The van der Waals surface area contributed by atoms with Gasteiger partial charge < -0.3 is 5.32 Å². The first kappa shape index (κ1) is 12.6. The molecule has 6 heteroatoms. The highest BCUT2D eigenvalue weighted by atomic mass is 35.5. The van der Waals surface area contributed by atoms with Crippen LogP contribution in [0.3, 0.4) is 0 Å². The molecule has 18 heavy (non-hydrogen) atoms. The van der Waals surface area contributed by atoms with Crippen LogP contribution >= 0.6 is 11.6 Å². The lowest BCUT2D eigenvalue weighted by Crippen LogP contribution is -2.13. The van der Waals surface area contributed by atoms with Crippen LogP contribution in [0.15, 0.2) is 18.2 Å². The molecular weight excluding hydrogens is 252 g/mol. The predicted octanol–water partition coefficient (Wildman–Crippen LogP) is 2.58. The van der Waals surface area contributed by atoms with Gasteiger partial charge in [0.15, 0.2) is 5.82 Å². The SMILES string of the molecule is CCc1cc(C(=O)Nc2cc(C)[nH]n2)cc(Cl)n1. The van der Waals surface area contributed by atoms with Gasteiger partial charge in [0, 0.05) is 23.0 Å². The zero-order valence-corrected chi connectivity index (χ0v) is 10.9. The minimum Gasteiger partial charge on any atom is -0.305 e. The molecule has 2 aromatic rings. The molecule has 0 saturated heterocycles. The van der Waals surface area contributed by atoms with Crippen LogP contribution in [0.25, 0.3) is 0 Å². The maximum atomic E-state index is 12.0. The highest BCUT2D eigenvalue weighted by Gasteiger charge is 2.10. The van der Waals surface area contributed by atoms with Crippen LogP contribution in [0.2, 0.25) is 5.15 Å². The van der Waals surface area contributed by atoms with Crippen molar-refractivity contribution in [3.05, 3.63) is 40.3 Å². The van der Waals surface area contributed by atoms with Gasteiger partial charge in [-0.1, -0.05) is 18.5 Å². The number of carbonyl (C=O) groups excluding carboxylic acids is 1.